The Kier molecular flexibility index (Phi) is 4.92. The van der Waals surface area contributed by atoms with E-state index in [1.807, 2.05) is 9.80 Å². The van der Waals surface area contributed by atoms with Gasteiger partial charge in [0.2, 0.25) is 17.7 Å². The van der Waals surface area contributed by atoms with E-state index in [9.17, 15) is 9.59 Å². The molecule has 1 aromatic heterocycles. The summed E-state index contributed by atoms with van der Waals surface area (Å²) in [5.41, 5.74) is -0.187. The van der Waals surface area contributed by atoms with Crippen molar-refractivity contribution in [3.63, 3.8) is 0 Å². The fourth-order valence-electron chi connectivity index (χ4n) is 4.97. The highest BCUT2D eigenvalue weighted by Crippen LogP contribution is 2.49. The third-order valence-electron chi connectivity index (χ3n) is 6.41. The van der Waals surface area contributed by atoms with E-state index in [1.54, 1.807) is 6.92 Å². The highest BCUT2D eigenvalue weighted by atomic mass is 16.5. The Morgan fingerprint density at radius 1 is 1.19 bits per heavy atom. The lowest BCUT2D eigenvalue weighted by molar-refractivity contribution is -0.145. The molecule has 1 atom stereocenters. The topological polar surface area (TPSA) is 88.8 Å². The Morgan fingerprint density at radius 2 is 1.89 bits per heavy atom. The smallest absolute Gasteiger partial charge is 0.248 e. The molecule has 3 aliphatic rings. The number of amides is 2. The first kappa shape index (κ1) is 18.4. The molecule has 2 aliphatic heterocycles. The predicted octanol–water partition coefficient (Wildman–Crippen LogP) is 1.36. The quantitative estimate of drug-likeness (QED) is 0.771. The maximum Gasteiger partial charge on any atom is 0.248 e. The third-order valence-corrected chi connectivity index (χ3v) is 6.41. The zero-order valence-electron chi connectivity index (χ0n) is 16.1. The van der Waals surface area contributed by atoms with Gasteiger partial charge in [-0.2, -0.15) is 4.98 Å². The zero-order chi connectivity index (χ0) is 19.0. The summed E-state index contributed by atoms with van der Waals surface area (Å²) >= 11 is 0. The van der Waals surface area contributed by atoms with E-state index in [0.717, 1.165) is 0 Å². The van der Waals surface area contributed by atoms with E-state index in [1.165, 1.54) is 32.8 Å². The van der Waals surface area contributed by atoms with E-state index in [2.05, 4.69) is 10.1 Å². The molecule has 8 heteroatoms. The molecule has 1 spiro atoms. The highest BCUT2D eigenvalue weighted by molar-refractivity contribution is 5.79. The van der Waals surface area contributed by atoms with Crippen LogP contribution in [0.2, 0.25) is 0 Å². The van der Waals surface area contributed by atoms with Crippen molar-refractivity contribution in [2.45, 2.75) is 44.9 Å². The Balaban J connectivity index is 1.45. The number of rotatable bonds is 5. The minimum Gasteiger partial charge on any atom is -0.375 e. The van der Waals surface area contributed by atoms with E-state index in [4.69, 9.17) is 9.26 Å². The standard InChI is InChI=1S/C19H28N4O4/c1-13-20-18(27-21-13)15-8-22(17(25)9-26-2)10-19(15)11-23(12-19)16(24)7-14-5-3-4-6-14/h14-15H,3-12H2,1-2H3. The fraction of sp³-hybridized carbons (Fsp3) is 0.789. The van der Waals surface area contributed by atoms with E-state index >= 15 is 0 Å². The number of ether oxygens (including phenoxy) is 1. The molecule has 3 heterocycles. The fourth-order valence-corrected chi connectivity index (χ4v) is 4.97. The van der Waals surface area contributed by atoms with Gasteiger partial charge >= 0.3 is 0 Å². The molecule has 4 rings (SSSR count). The summed E-state index contributed by atoms with van der Waals surface area (Å²) in [7, 11) is 1.52. The molecule has 3 fully saturated rings. The summed E-state index contributed by atoms with van der Waals surface area (Å²) in [5.74, 6) is 1.89. The zero-order valence-corrected chi connectivity index (χ0v) is 16.1. The van der Waals surface area contributed by atoms with Gasteiger partial charge in [-0.05, 0) is 25.7 Å². The van der Waals surface area contributed by atoms with Crippen LogP contribution in [0.5, 0.6) is 0 Å². The van der Waals surface area contributed by atoms with Gasteiger partial charge in [0.25, 0.3) is 0 Å². The van der Waals surface area contributed by atoms with Crippen molar-refractivity contribution in [2.75, 3.05) is 39.9 Å². The largest absolute Gasteiger partial charge is 0.375 e. The minimum absolute atomic E-state index is 0.0324. The number of methoxy groups -OCH3 is 1. The van der Waals surface area contributed by atoms with Gasteiger partial charge in [-0.3, -0.25) is 9.59 Å². The number of nitrogens with zero attached hydrogens (tertiary/aromatic N) is 4. The molecular formula is C19H28N4O4. The molecule has 148 valence electrons. The van der Waals surface area contributed by atoms with Crippen LogP contribution >= 0.6 is 0 Å². The van der Waals surface area contributed by atoms with E-state index in [-0.39, 0.29) is 29.8 Å². The average Bonchev–Trinajstić information content (AvgIpc) is 3.32. The van der Waals surface area contributed by atoms with Crippen molar-refractivity contribution in [1.82, 2.24) is 19.9 Å². The molecule has 1 aromatic rings. The average molecular weight is 376 g/mol. The first-order valence-corrected chi connectivity index (χ1v) is 9.85. The van der Waals surface area contributed by atoms with Gasteiger partial charge < -0.3 is 19.1 Å². The molecule has 8 nitrogen and oxygen atoms in total. The van der Waals surface area contributed by atoms with Gasteiger partial charge in [0.05, 0.1) is 5.92 Å². The number of aromatic nitrogens is 2. The first-order valence-electron chi connectivity index (χ1n) is 9.85. The van der Waals surface area contributed by atoms with Crippen molar-refractivity contribution < 1.29 is 18.8 Å². The van der Waals surface area contributed by atoms with Crippen LogP contribution < -0.4 is 0 Å². The van der Waals surface area contributed by atoms with Gasteiger partial charge in [-0.25, -0.2) is 0 Å². The molecule has 2 amide bonds. The SMILES string of the molecule is COCC(=O)N1CC(c2nc(C)no2)C2(C1)CN(C(=O)CC1CCCC1)C2. The van der Waals surface area contributed by atoms with Crippen LogP contribution in [0.25, 0.3) is 0 Å². The molecule has 1 aliphatic carbocycles. The van der Waals surface area contributed by atoms with Crippen LogP contribution in [0.4, 0.5) is 0 Å². The molecule has 1 saturated carbocycles. The summed E-state index contributed by atoms with van der Waals surface area (Å²) in [4.78, 5) is 33.2. The molecule has 27 heavy (non-hydrogen) atoms. The van der Waals surface area contributed by atoms with Crippen molar-refractivity contribution in [3.8, 4) is 0 Å². The molecule has 0 radical (unpaired) electrons. The maximum atomic E-state index is 12.7. The lowest BCUT2D eigenvalue weighted by atomic mass is 9.71. The monoisotopic (exact) mass is 376 g/mol. The second-order valence-corrected chi connectivity index (χ2v) is 8.41. The van der Waals surface area contributed by atoms with Crippen LogP contribution in [-0.2, 0) is 14.3 Å². The number of carbonyl (C=O) groups is 2. The lowest BCUT2D eigenvalue weighted by Crippen LogP contribution is -2.61. The summed E-state index contributed by atoms with van der Waals surface area (Å²) in [6, 6.07) is 0. The Labute approximate surface area is 159 Å². The molecule has 0 N–H and O–H groups in total. The number of aryl methyl sites for hydroxylation is 1. The van der Waals surface area contributed by atoms with Gasteiger partial charge in [0.1, 0.15) is 6.61 Å². The van der Waals surface area contributed by atoms with Gasteiger partial charge in [-0.1, -0.05) is 18.0 Å². The van der Waals surface area contributed by atoms with Crippen molar-refractivity contribution in [3.05, 3.63) is 11.7 Å². The molecule has 0 bridgehead atoms. The van der Waals surface area contributed by atoms with E-state index in [0.29, 0.717) is 50.2 Å². The lowest BCUT2D eigenvalue weighted by Gasteiger charge is -2.50. The van der Waals surface area contributed by atoms with Crippen LogP contribution in [0.3, 0.4) is 0 Å². The predicted molar refractivity (Wildman–Crippen MR) is 95.8 cm³/mol. The number of likely N-dealkylation sites (tertiary alicyclic amines) is 2. The highest BCUT2D eigenvalue weighted by Gasteiger charge is 2.58. The number of hydrogen-bond acceptors (Lipinski definition) is 6. The summed E-state index contributed by atoms with van der Waals surface area (Å²) in [5, 5.41) is 3.92. The van der Waals surface area contributed by atoms with Crippen molar-refractivity contribution in [2.24, 2.45) is 11.3 Å². The van der Waals surface area contributed by atoms with E-state index < -0.39 is 0 Å². The van der Waals surface area contributed by atoms with Crippen LogP contribution in [0, 0.1) is 18.3 Å². The Bertz CT molecular complexity index is 706. The first-order chi connectivity index (χ1) is 13.0. The third kappa shape index (κ3) is 3.47. The van der Waals surface area contributed by atoms with Crippen LogP contribution in [-0.4, -0.2) is 71.7 Å². The molecular weight excluding hydrogens is 348 g/mol. The molecule has 0 aromatic carbocycles. The van der Waals surface area contributed by atoms with Gasteiger partial charge in [0, 0.05) is 45.1 Å². The van der Waals surface area contributed by atoms with Gasteiger partial charge in [0.15, 0.2) is 5.82 Å². The summed E-state index contributed by atoms with van der Waals surface area (Å²) in [6.07, 6.45) is 5.50. The minimum atomic E-state index is -0.187. The second-order valence-electron chi connectivity index (χ2n) is 8.41. The maximum absolute atomic E-state index is 12.7. The Morgan fingerprint density at radius 3 is 2.52 bits per heavy atom. The summed E-state index contributed by atoms with van der Waals surface area (Å²) < 4.78 is 10.4. The second kappa shape index (κ2) is 7.22. The van der Waals surface area contributed by atoms with Crippen LogP contribution in [0.1, 0.15) is 49.7 Å². The van der Waals surface area contributed by atoms with Crippen molar-refractivity contribution in [1.29, 1.82) is 0 Å². The molecule has 2 saturated heterocycles. The summed E-state index contributed by atoms with van der Waals surface area (Å²) in [6.45, 7) is 4.31. The van der Waals surface area contributed by atoms with Crippen LogP contribution in [0.15, 0.2) is 4.52 Å². The number of hydrogen-bond donors (Lipinski definition) is 0. The number of carbonyl (C=O) groups excluding carboxylic acids is 2. The van der Waals surface area contributed by atoms with Gasteiger partial charge in [-0.15, -0.1) is 0 Å². The van der Waals surface area contributed by atoms with Crippen molar-refractivity contribution >= 4 is 11.8 Å². The Hall–Kier alpha value is -1.96. The molecule has 1 unspecified atom stereocenters. The normalized spacial score (nSPS) is 24.6.